The molecule has 0 spiro atoms. The lowest BCUT2D eigenvalue weighted by atomic mass is 10.1. The highest BCUT2D eigenvalue weighted by Crippen LogP contribution is 1.96. The van der Waals surface area contributed by atoms with Crippen molar-refractivity contribution >= 4 is 5.91 Å². The molecule has 0 heterocycles. The first-order valence-corrected chi connectivity index (χ1v) is 6.27. The van der Waals surface area contributed by atoms with Crippen LogP contribution in [0, 0.1) is 0 Å². The standard InChI is InChI=1S/C12H26N2O2/c1-4-6-10(3)14-12(16)9-13-11(5-2)7-8-15/h10-11,13,15H,4-9H2,1-3H3,(H,14,16). The molecular formula is C12H26N2O2. The summed E-state index contributed by atoms with van der Waals surface area (Å²) < 4.78 is 0. The Morgan fingerprint density at radius 3 is 2.50 bits per heavy atom. The van der Waals surface area contributed by atoms with Crippen LogP contribution < -0.4 is 10.6 Å². The lowest BCUT2D eigenvalue weighted by Crippen LogP contribution is -2.42. The van der Waals surface area contributed by atoms with Crippen LogP contribution in [0.25, 0.3) is 0 Å². The highest BCUT2D eigenvalue weighted by Gasteiger charge is 2.09. The summed E-state index contributed by atoms with van der Waals surface area (Å²) >= 11 is 0. The molecule has 0 rings (SSSR count). The van der Waals surface area contributed by atoms with Crippen LogP contribution in [0.5, 0.6) is 0 Å². The summed E-state index contributed by atoms with van der Waals surface area (Å²) in [5, 5.41) is 14.9. The zero-order valence-corrected chi connectivity index (χ0v) is 10.8. The van der Waals surface area contributed by atoms with Crippen molar-refractivity contribution in [1.29, 1.82) is 0 Å². The van der Waals surface area contributed by atoms with Crippen LogP contribution >= 0.6 is 0 Å². The van der Waals surface area contributed by atoms with Gasteiger partial charge in [-0.15, -0.1) is 0 Å². The first kappa shape index (κ1) is 15.4. The van der Waals surface area contributed by atoms with Crippen LogP contribution in [-0.2, 0) is 4.79 Å². The molecule has 0 aromatic heterocycles. The van der Waals surface area contributed by atoms with Gasteiger partial charge in [0.2, 0.25) is 5.91 Å². The second-order valence-electron chi connectivity index (χ2n) is 4.26. The zero-order valence-electron chi connectivity index (χ0n) is 10.8. The quantitative estimate of drug-likeness (QED) is 0.554. The van der Waals surface area contributed by atoms with Gasteiger partial charge < -0.3 is 15.7 Å². The van der Waals surface area contributed by atoms with Gasteiger partial charge >= 0.3 is 0 Å². The van der Waals surface area contributed by atoms with E-state index in [4.69, 9.17) is 5.11 Å². The van der Waals surface area contributed by atoms with Crippen LogP contribution in [0.3, 0.4) is 0 Å². The van der Waals surface area contributed by atoms with Crippen molar-refractivity contribution in [2.75, 3.05) is 13.2 Å². The first-order valence-electron chi connectivity index (χ1n) is 6.27. The molecule has 0 aliphatic carbocycles. The SMILES string of the molecule is CCCC(C)NC(=O)CNC(CC)CCO. The van der Waals surface area contributed by atoms with E-state index in [0.717, 1.165) is 19.3 Å². The Balaban J connectivity index is 3.70. The van der Waals surface area contributed by atoms with Gasteiger partial charge in [-0.25, -0.2) is 0 Å². The first-order chi connectivity index (χ1) is 7.63. The summed E-state index contributed by atoms with van der Waals surface area (Å²) in [6.07, 6.45) is 3.73. The second kappa shape index (κ2) is 9.60. The molecule has 0 saturated carbocycles. The van der Waals surface area contributed by atoms with Crippen molar-refractivity contribution in [1.82, 2.24) is 10.6 Å². The molecule has 4 nitrogen and oxygen atoms in total. The van der Waals surface area contributed by atoms with Crippen molar-refractivity contribution in [3.63, 3.8) is 0 Å². The lowest BCUT2D eigenvalue weighted by molar-refractivity contribution is -0.121. The van der Waals surface area contributed by atoms with Gasteiger partial charge in [0.15, 0.2) is 0 Å². The third-order valence-corrected chi connectivity index (χ3v) is 2.65. The van der Waals surface area contributed by atoms with E-state index >= 15 is 0 Å². The maximum Gasteiger partial charge on any atom is 0.234 e. The molecule has 0 saturated heterocycles. The van der Waals surface area contributed by atoms with Gasteiger partial charge in [-0.2, -0.15) is 0 Å². The van der Waals surface area contributed by atoms with Crippen molar-refractivity contribution < 1.29 is 9.90 Å². The molecule has 1 amide bonds. The Labute approximate surface area is 98.8 Å². The van der Waals surface area contributed by atoms with Crippen molar-refractivity contribution in [2.45, 2.75) is 58.5 Å². The number of aliphatic hydroxyl groups excluding tert-OH is 1. The molecule has 0 aliphatic rings. The fourth-order valence-corrected chi connectivity index (χ4v) is 1.67. The van der Waals surface area contributed by atoms with Crippen LogP contribution in [-0.4, -0.2) is 36.2 Å². The molecule has 0 bridgehead atoms. The molecule has 96 valence electrons. The average Bonchev–Trinajstić information content (AvgIpc) is 2.24. The minimum absolute atomic E-state index is 0.0392. The molecule has 0 aromatic rings. The summed E-state index contributed by atoms with van der Waals surface area (Å²) in [7, 11) is 0. The van der Waals surface area contributed by atoms with Crippen molar-refractivity contribution in [3.05, 3.63) is 0 Å². The Bertz CT molecular complexity index is 186. The molecule has 0 aliphatic heterocycles. The van der Waals surface area contributed by atoms with E-state index in [1.54, 1.807) is 0 Å². The van der Waals surface area contributed by atoms with E-state index in [9.17, 15) is 4.79 Å². The summed E-state index contributed by atoms with van der Waals surface area (Å²) in [4.78, 5) is 11.5. The molecule has 4 heteroatoms. The number of hydrogen-bond donors (Lipinski definition) is 3. The van der Waals surface area contributed by atoms with E-state index in [-0.39, 0.29) is 24.6 Å². The Morgan fingerprint density at radius 1 is 1.31 bits per heavy atom. The normalized spacial score (nSPS) is 14.5. The highest BCUT2D eigenvalue weighted by atomic mass is 16.3. The Kier molecular flexibility index (Phi) is 9.24. The molecule has 3 N–H and O–H groups in total. The van der Waals surface area contributed by atoms with Crippen LogP contribution in [0.2, 0.25) is 0 Å². The monoisotopic (exact) mass is 230 g/mol. The summed E-state index contributed by atoms with van der Waals surface area (Å²) in [6, 6.07) is 0.481. The number of carbonyl (C=O) groups excluding carboxylic acids is 1. The second-order valence-corrected chi connectivity index (χ2v) is 4.26. The third kappa shape index (κ3) is 7.65. The predicted molar refractivity (Wildman–Crippen MR) is 66.3 cm³/mol. The minimum Gasteiger partial charge on any atom is -0.396 e. The number of aliphatic hydroxyl groups is 1. The number of amides is 1. The average molecular weight is 230 g/mol. The fourth-order valence-electron chi connectivity index (χ4n) is 1.67. The van der Waals surface area contributed by atoms with Crippen LogP contribution in [0.15, 0.2) is 0 Å². The van der Waals surface area contributed by atoms with Crippen molar-refractivity contribution in [2.24, 2.45) is 0 Å². The number of hydrogen-bond acceptors (Lipinski definition) is 3. The summed E-state index contributed by atoms with van der Waals surface area (Å²) in [5.74, 6) is 0.0392. The molecule has 0 aromatic carbocycles. The van der Waals surface area contributed by atoms with E-state index in [1.807, 2.05) is 13.8 Å². The number of nitrogens with one attached hydrogen (secondary N) is 2. The van der Waals surface area contributed by atoms with Crippen LogP contribution in [0.1, 0.15) is 46.5 Å². The molecule has 0 radical (unpaired) electrons. The highest BCUT2D eigenvalue weighted by molar-refractivity contribution is 5.78. The maximum absolute atomic E-state index is 11.5. The predicted octanol–water partition coefficient (Wildman–Crippen LogP) is 1.04. The van der Waals surface area contributed by atoms with Gasteiger partial charge in [0, 0.05) is 18.7 Å². The molecule has 0 fully saturated rings. The number of rotatable bonds is 9. The zero-order chi connectivity index (χ0) is 12.4. The smallest absolute Gasteiger partial charge is 0.234 e. The largest absolute Gasteiger partial charge is 0.396 e. The Morgan fingerprint density at radius 2 is 2.00 bits per heavy atom. The minimum atomic E-state index is 0.0392. The lowest BCUT2D eigenvalue weighted by Gasteiger charge is -2.17. The maximum atomic E-state index is 11.5. The van der Waals surface area contributed by atoms with Gasteiger partial charge in [-0.1, -0.05) is 20.3 Å². The summed E-state index contributed by atoms with van der Waals surface area (Å²) in [5.41, 5.74) is 0. The topological polar surface area (TPSA) is 61.4 Å². The van der Waals surface area contributed by atoms with Gasteiger partial charge in [-0.3, -0.25) is 4.79 Å². The third-order valence-electron chi connectivity index (χ3n) is 2.65. The molecule has 2 unspecified atom stereocenters. The van der Waals surface area contributed by atoms with E-state index < -0.39 is 0 Å². The van der Waals surface area contributed by atoms with E-state index in [0.29, 0.717) is 13.0 Å². The molecule has 16 heavy (non-hydrogen) atoms. The molecular weight excluding hydrogens is 204 g/mol. The van der Waals surface area contributed by atoms with Crippen LogP contribution in [0.4, 0.5) is 0 Å². The van der Waals surface area contributed by atoms with Crippen molar-refractivity contribution in [3.8, 4) is 0 Å². The number of carbonyl (C=O) groups is 1. The van der Waals surface area contributed by atoms with Gasteiger partial charge in [-0.05, 0) is 26.2 Å². The van der Waals surface area contributed by atoms with E-state index in [1.165, 1.54) is 0 Å². The van der Waals surface area contributed by atoms with E-state index in [2.05, 4.69) is 17.6 Å². The van der Waals surface area contributed by atoms with Gasteiger partial charge in [0.05, 0.1) is 6.54 Å². The summed E-state index contributed by atoms with van der Waals surface area (Å²) in [6.45, 7) is 6.68. The fraction of sp³-hybridized carbons (Fsp3) is 0.917. The molecule has 2 atom stereocenters. The van der Waals surface area contributed by atoms with Gasteiger partial charge in [0.1, 0.15) is 0 Å². The Hall–Kier alpha value is -0.610. The van der Waals surface area contributed by atoms with Gasteiger partial charge in [0.25, 0.3) is 0 Å².